The average Bonchev–Trinajstić information content (AvgIpc) is 3.46. The van der Waals surface area contributed by atoms with E-state index < -0.39 is 10.0 Å². The van der Waals surface area contributed by atoms with Crippen molar-refractivity contribution in [3.8, 4) is 0 Å². The van der Waals surface area contributed by atoms with Gasteiger partial charge in [-0.25, -0.2) is 13.1 Å². The maximum atomic E-state index is 12.4. The fourth-order valence-electron chi connectivity index (χ4n) is 4.18. The van der Waals surface area contributed by atoms with Crippen LogP contribution in [0, 0.1) is 5.92 Å². The number of hydrogen-bond acceptors (Lipinski definition) is 4. The molecule has 1 atom stereocenters. The van der Waals surface area contributed by atoms with Gasteiger partial charge in [-0.05, 0) is 49.3 Å². The van der Waals surface area contributed by atoms with E-state index in [1.807, 2.05) is 12.1 Å². The van der Waals surface area contributed by atoms with E-state index in [0.717, 1.165) is 43.2 Å². The number of nitrogens with zero attached hydrogens (tertiary/aromatic N) is 1. The third-order valence-electron chi connectivity index (χ3n) is 6.00. The van der Waals surface area contributed by atoms with Crippen LogP contribution >= 0.6 is 24.0 Å². The Morgan fingerprint density at radius 3 is 2.48 bits per heavy atom. The molecule has 0 bridgehead atoms. The van der Waals surface area contributed by atoms with Gasteiger partial charge in [-0.2, -0.15) is 0 Å². The van der Waals surface area contributed by atoms with Gasteiger partial charge in [0.25, 0.3) is 0 Å². The van der Waals surface area contributed by atoms with Crippen molar-refractivity contribution in [2.24, 2.45) is 10.9 Å². The molecule has 1 aromatic carbocycles. The predicted molar refractivity (Wildman–Crippen MR) is 135 cm³/mol. The molecule has 0 amide bonds. The molecule has 31 heavy (non-hydrogen) atoms. The molecule has 0 radical (unpaired) electrons. The largest absolute Gasteiger partial charge is 0.377 e. The summed E-state index contributed by atoms with van der Waals surface area (Å²) in [6.07, 6.45) is 9.91. The van der Waals surface area contributed by atoms with Crippen LogP contribution in [0.3, 0.4) is 0 Å². The van der Waals surface area contributed by atoms with Crippen molar-refractivity contribution >= 4 is 40.0 Å². The van der Waals surface area contributed by atoms with Gasteiger partial charge in [0.15, 0.2) is 5.96 Å². The number of benzene rings is 1. The number of guanidine groups is 1. The number of ether oxygens (including phenoxy) is 1. The van der Waals surface area contributed by atoms with Crippen LogP contribution < -0.4 is 15.4 Å². The zero-order chi connectivity index (χ0) is 21.2. The third kappa shape index (κ3) is 8.86. The van der Waals surface area contributed by atoms with Crippen molar-refractivity contribution in [3.05, 3.63) is 29.8 Å². The first-order valence-corrected chi connectivity index (χ1v) is 12.7. The monoisotopic (exact) mass is 564 g/mol. The zero-order valence-corrected chi connectivity index (χ0v) is 21.6. The lowest BCUT2D eigenvalue weighted by atomic mass is 10.0. The number of halogens is 1. The second kappa shape index (κ2) is 13.6. The van der Waals surface area contributed by atoms with Gasteiger partial charge >= 0.3 is 0 Å². The molecule has 3 rings (SSSR count). The van der Waals surface area contributed by atoms with Crippen LogP contribution in [-0.4, -0.2) is 47.2 Å². The normalized spacial score (nSPS) is 19.9. The molecule has 1 saturated carbocycles. The Labute approximate surface area is 204 Å². The molecule has 1 aliphatic heterocycles. The molecule has 1 unspecified atom stereocenters. The Hall–Kier alpha value is -0.910. The summed E-state index contributed by atoms with van der Waals surface area (Å²) in [5.74, 6) is 1.69. The molecule has 1 aliphatic carbocycles. The highest BCUT2D eigenvalue weighted by Gasteiger charge is 2.20. The van der Waals surface area contributed by atoms with Crippen LogP contribution in [0.1, 0.15) is 56.9 Å². The molecular formula is C22H37IN4O3S. The molecule has 0 aromatic heterocycles. The van der Waals surface area contributed by atoms with Gasteiger partial charge in [-0.3, -0.25) is 4.99 Å². The predicted octanol–water partition coefficient (Wildman–Crippen LogP) is 3.40. The van der Waals surface area contributed by atoms with E-state index in [-0.39, 0.29) is 35.0 Å². The maximum Gasteiger partial charge on any atom is 0.240 e. The van der Waals surface area contributed by atoms with Crippen LogP contribution in [0.4, 0.5) is 0 Å². The van der Waals surface area contributed by atoms with Gasteiger partial charge in [0.2, 0.25) is 10.0 Å². The first-order valence-electron chi connectivity index (χ1n) is 11.2. The SMILES string of the molecule is CN=C(NCCCC1CCCC1)NCc1ccc(S(=O)(=O)NCC2CCCO2)cc1.I. The molecular weight excluding hydrogens is 527 g/mol. The molecule has 176 valence electrons. The van der Waals surface area contributed by atoms with Crippen molar-refractivity contribution in [1.29, 1.82) is 0 Å². The number of sulfonamides is 1. The number of nitrogens with one attached hydrogen (secondary N) is 3. The second-order valence-electron chi connectivity index (χ2n) is 8.28. The van der Waals surface area contributed by atoms with E-state index in [9.17, 15) is 8.42 Å². The van der Waals surface area contributed by atoms with E-state index in [4.69, 9.17) is 4.74 Å². The van der Waals surface area contributed by atoms with Crippen LogP contribution in [0.2, 0.25) is 0 Å². The highest BCUT2D eigenvalue weighted by atomic mass is 127. The summed E-state index contributed by atoms with van der Waals surface area (Å²) >= 11 is 0. The van der Waals surface area contributed by atoms with Crippen molar-refractivity contribution in [1.82, 2.24) is 15.4 Å². The summed E-state index contributed by atoms with van der Waals surface area (Å²) in [7, 11) is -1.74. The van der Waals surface area contributed by atoms with Crippen molar-refractivity contribution in [2.45, 2.75) is 68.9 Å². The number of aliphatic imine (C=N–C) groups is 1. The van der Waals surface area contributed by atoms with Gasteiger partial charge < -0.3 is 15.4 Å². The fraction of sp³-hybridized carbons (Fsp3) is 0.682. The molecule has 0 spiro atoms. The molecule has 1 heterocycles. The summed E-state index contributed by atoms with van der Waals surface area (Å²) in [5.41, 5.74) is 1.00. The Bertz CT molecular complexity index is 774. The van der Waals surface area contributed by atoms with Crippen LogP contribution in [0.5, 0.6) is 0 Å². The topological polar surface area (TPSA) is 91.8 Å². The molecule has 1 saturated heterocycles. The number of hydrogen-bond donors (Lipinski definition) is 3. The van der Waals surface area contributed by atoms with Crippen molar-refractivity contribution in [3.63, 3.8) is 0 Å². The van der Waals surface area contributed by atoms with Crippen LogP contribution in [0.15, 0.2) is 34.2 Å². The van der Waals surface area contributed by atoms with Crippen LogP contribution in [-0.2, 0) is 21.3 Å². The van der Waals surface area contributed by atoms with Crippen molar-refractivity contribution in [2.75, 3.05) is 26.7 Å². The van der Waals surface area contributed by atoms with E-state index in [1.165, 1.54) is 32.1 Å². The minimum absolute atomic E-state index is 0. The Morgan fingerprint density at radius 1 is 1.10 bits per heavy atom. The third-order valence-corrected chi connectivity index (χ3v) is 7.44. The van der Waals surface area contributed by atoms with E-state index in [0.29, 0.717) is 19.7 Å². The quantitative estimate of drug-likeness (QED) is 0.176. The Balaban J connectivity index is 0.00000341. The molecule has 1 aromatic rings. The van der Waals surface area contributed by atoms with Crippen molar-refractivity contribution < 1.29 is 13.2 Å². The van der Waals surface area contributed by atoms with E-state index in [2.05, 4.69) is 20.3 Å². The lowest BCUT2D eigenvalue weighted by Gasteiger charge is -2.14. The molecule has 7 nitrogen and oxygen atoms in total. The molecule has 9 heteroatoms. The summed E-state index contributed by atoms with van der Waals surface area (Å²) in [6.45, 7) is 2.55. The van der Waals surface area contributed by atoms with Gasteiger partial charge in [0.05, 0.1) is 11.0 Å². The second-order valence-corrected chi connectivity index (χ2v) is 10.0. The lowest BCUT2D eigenvalue weighted by molar-refractivity contribution is 0.114. The smallest absolute Gasteiger partial charge is 0.240 e. The molecule has 3 N–H and O–H groups in total. The van der Waals surface area contributed by atoms with Gasteiger partial charge in [0, 0.05) is 33.3 Å². The average molecular weight is 565 g/mol. The highest BCUT2D eigenvalue weighted by Crippen LogP contribution is 2.28. The van der Waals surface area contributed by atoms with E-state index in [1.54, 1.807) is 19.2 Å². The fourth-order valence-corrected chi connectivity index (χ4v) is 5.25. The van der Waals surface area contributed by atoms with Gasteiger partial charge in [0.1, 0.15) is 0 Å². The maximum absolute atomic E-state index is 12.4. The zero-order valence-electron chi connectivity index (χ0n) is 18.4. The first kappa shape index (κ1) is 26.3. The highest BCUT2D eigenvalue weighted by molar-refractivity contribution is 14.0. The minimum Gasteiger partial charge on any atom is -0.377 e. The Kier molecular flexibility index (Phi) is 11.6. The Morgan fingerprint density at radius 2 is 1.84 bits per heavy atom. The summed E-state index contributed by atoms with van der Waals surface area (Å²) in [6, 6.07) is 6.96. The lowest BCUT2D eigenvalue weighted by Crippen LogP contribution is -2.37. The van der Waals surface area contributed by atoms with Gasteiger partial charge in [-0.1, -0.05) is 37.8 Å². The van der Waals surface area contributed by atoms with Gasteiger partial charge in [-0.15, -0.1) is 24.0 Å². The summed E-state index contributed by atoms with van der Waals surface area (Å²) in [5, 5.41) is 6.66. The van der Waals surface area contributed by atoms with E-state index >= 15 is 0 Å². The van der Waals surface area contributed by atoms with Crippen LogP contribution in [0.25, 0.3) is 0 Å². The molecule has 2 fully saturated rings. The molecule has 2 aliphatic rings. The summed E-state index contributed by atoms with van der Waals surface area (Å²) < 4.78 is 33.0. The minimum atomic E-state index is -3.51. The standard InChI is InChI=1S/C22H36N4O3S.HI/c1-23-22(24-14-4-8-18-6-2-3-7-18)25-16-19-10-12-21(13-11-19)30(27,28)26-17-20-9-5-15-29-20;/h10-13,18,20,26H,2-9,14-17H2,1H3,(H2,23,24,25);1H. The number of rotatable bonds is 10. The first-order chi connectivity index (χ1) is 14.6. The summed E-state index contributed by atoms with van der Waals surface area (Å²) in [4.78, 5) is 4.54.